The van der Waals surface area contributed by atoms with Crippen molar-refractivity contribution in [3.63, 3.8) is 0 Å². The monoisotopic (exact) mass is 388 g/mol. The van der Waals surface area contributed by atoms with Gasteiger partial charge in [-0.3, -0.25) is 9.59 Å². The second-order valence-electron chi connectivity index (χ2n) is 7.82. The summed E-state index contributed by atoms with van der Waals surface area (Å²) in [6.07, 6.45) is 1.92. The molecule has 2 rings (SSSR count). The van der Waals surface area contributed by atoms with Crippen LogP contribution in [0.5, 0.6) is 5.75 Å². The van der Waals surface area contributed by atoms with E-state index in [1.165, 1.54) is 13.2 Å². The molecule has 1 atom stereocenters. The molecular weight excluding hydrogens is 360 g/mol. The van der Waals surface area contributed by atoms with Crippen LogP contribution in [0.3, 0.4) is 0 Å². The number of nitrogens with two attached hydrogens (primary N) is 1. The predicted molar refractivity (Wildman–Crippen MR) is 108 cm³/mol. The molecule has 3 N–H and O–H groups in total. The van der Waals surface area contributed by atoms with Crippen LogP contribution >= 0.6 is 0 Å². The fraction of sp³-hybridized carbons (Fsp3) is 0.476. The number of nitrogens with one attached hydrogen (secondary N) is 1. The molecule has 1 aromatic carbocycles. The lowest BCUT2D eigenvalue weighted by atomic mass is 9.85. The average molecular weight is 388 g/mol. The number of fused-ring (bicyclic) bond motifs is 1. The van der Waals surface area contributed by atoms with Gasteiger partial charge in [-0.15, -0.1) is 0 Å². The van der Waals surface area contributed by atoms with E-state index in [0.29, 0.717) is 42.5 Å². The topological polar surface area (TPSA) is 112 Å². The minimum Gasteiger partial charge on any atom is -0.497 e. The largest absolute Gasteiger partial charge is 0.497 e. The molecule has 0 bridgehead atoms. The number of ketones is 1. The van der Waals surface area contributed by atoms with Crippen molar-refractivity contribution in [1.29, 1.82) is 0 Å². The highest BCUT2D eigenvalue weighted by Crippen LogP contribution is 2.20. The molecule has 0 aliphatic carbocycles. The summed E-state index contributed by atoms with van der Waals surface area (Å²) < 4.78 is 10.3. The van der Waals surface area contributed by atoms with Gasteiger partial charge in [-0.2, -0.15) is 0 Å². The molecule has 1 aromatic heterocycles. The Morgan fingerprint density at radius 1 is 1.21 bits per heavy atom. The Morgan fingerprint density at radius 2 is 1.93 bits per heavy atom. The maximum Gasteiger partial charge on any atom is 0.349 e. The lowest BCUT2D eigenvalue weighted by Crippen LogP contribution is -2.38. The molecule has 0 aliphatic rings. The van der Waals surface area contributed by atoms with E-state index in [9.17, 15) is 14.4 Å². The van der Waals surface area contributed by atoms with Crippen LogP contribution in [0, 0.1) is 5.41 Å². The van der Waals surface area contributed by atoms with E-state index in [2.05, 4.69) is 5.32 Å². The molecular formula is C21H28N2O5. The van der Waals surface area contributed by atoms with Gasteiger partial charge in [0.15, 0.2) is 5.78 Å². The number of unbranched alkanes of at least 4 members (excludes halogenated alkanes) is 1. The van der Waals surface area contributed by atoms with Crippen LogP contribution < -0.4 is 21.4 Å². The van der Waals surface area contributed by atoms with E-state index in [4.69, 9.17) is 14.9 Å². The standard InChI is InChI=1S/C21H28N2O5/c1-21(2,3)18(24)16(22)7-5-6-10-23-19(25)15-11-13-8-9-14(27-4)12-17(13)28-20(15)26/h8-9,11-12,16H,5-7,10,22H2,1-4H3,(H,23,25). The van der Waals surface area contributed by atoms with Gasteiger partial charge in [0, 0.05) is 23.4 Å². The number of carbonyl (C=O) groups is 2. The summed E-state index contributed by atoms with van der Waals surface area (Å²) in [5.41, 5.74) is 5.09. The number of carbonyl (C=O) groups excluding carboxylic acids is 2. The minimum atomic E-state index is -0.698. The number of rotatable bonds is 8. The predicted octanol–water partition coefficient (Wildman–Crippen LogP) is 2.64. The second kappa shape index (κ2) is 9.01. The van der Waals surface area contributed by atoms with Gasteiger partial charge in [0.05, 0.1) is 13.2 Å². The second-order valence-corrected chi connectivity index (χ2v) is 7.82. The van der Waals surface area contributed by atoms with Gasteiger partial charge >= 0.3 is 5.63 Å². The van der Waals surface area contributed by atoms with E-state index < -0.39 is 23.0 Å². The molecule has 7 heteroatoms. The van der Waals surface area contributed by atoms with Gasteiger partial charge in [-0.05, 0) is 37.5 Å². The molecule has 152 valence electrons. The highest BCUT2D eigenvalue weighted by Gasteiger charge is 2.26. The van der Waals surface area contributed by atoms with Crippen LogP contribution in [-0.2, 0) is 4.79 Å². The Bertz CT molecular complexity index is 911. The van der Waals surface area contributed by atoms with Crippen molar-refractivity contribution in [3.8, 4) is 5.75 Å². The fourth-order valence-electron chi connectivity index (χ4n) is 2.85. The van der Waals surface area contributed by atoms with Crippen LogP contribution in [0.25, 0.3) is 11.0 Å². The Kier molecular flexibility index (Phi) is 6.96. The molecule has 0 aliphatic heterocycles. The van der Waals surface area contributed by atoms with Gasteiger partial charge in [0.1, 0.15) is 16.9 Å². The molecule has 1 amide bonds. The summed E-state index contributed by atoms with van der Waals surface area (Å²) in [6, 6.07) is 6.06. The molecule has 0 fully saturated rings. The number of ether oxygens (including phenoxy) is 1. The van der Waals surface area contributed by atoms with Crippen molar-refractivity contribution in [1.82, 2.24) is 5.32 Å². The van der Waals surface area contributed by atoms with Crippen LogP contribution in [-0.4, -0.2) is 31.4 Å². The smallest absolute Gasteiger partial charge is 0.349 e. The summed E-state index contributed by atoms with van der Waals surface area (Å²) in [6.45, 7) is 5.93. The summed E-state index contributed by atoms with van der Waals surface area (Å²) in [5, 5.41) is 3.35. The Balaban J connectivity index is 1.89. The fourth-order valence-corrected chi connectivity index (χ4v) is 2.85. The highest BCUT2D eigenvalue weighted by atomic mass is 16.5. The SMILES string of the molecule is COc1ccc2cc(C(=O)NCCCCC(N)C(=O)C(C)(C)C)c(=O)oc2c1. The summed E-state index contributed by atoms with van der Waals surface area (Å²) in [5.74, 6) is 0.111. The van der Waals surface area contributed by atoms with Gasteiger partial charge in [0.25, 0.3) is 5.91 Å². The quantitative estimate of drug-likeness (QED) is 0.531. The zero-order valence-corrected chi connectivity index (χ0v) is 16.8. The Labute approximate surface area is 164 Å². The first-order valence-electron chi connectivity index (χ1n) is 9.33. The number of amides is 1. The lowest BCUT2D eigenvalue weighted by Gasteiger charge is -2.21. The maximum absolute atomic E-state index is 12.3. The normalized spacial score (nSPS) is 12.6. The van der Waals surface area contributed by atoms with Crippen molar-refractivity contribution >= 4 is 22.7 Å². The lowest BCUT2D eigenvalue weighted by molar-refractivity contribution is -0.127. The van der Waals surface area contributed by atoms with Crippen molar-refractivity contribution in [2.75, 3.05) is 13.7 Å². The number of Topliss-reactive ketones (excluding diaryl/α,β-unsaturated/α-hetero) is 1. The van der Waals surface area contributed by atoms with Crippen molar-refractivity contribution in [2.45, 2.75) is 46.1 Å². The molecule has 1 heterocycles. The van der Waals surface area contributed by atoms with Crippen LogP contribution in [0.15, 0.2) is 33.5 Å². The number of methoxy groups -OCH3 is 1. The summed E-state index contributed by atoms with van der Waals surface area (Å²) >= 11 is 0. The summed E-state index contributed by atoms with van der Waals surface area (Å²) in [7, 11) is 1.52. The molecule has 0 saturated carbocycles. The number of hydrogen-bond acceptors (Lipinski definition) is 6. The van der Waals surface area contributed by atoms with Crippen LogP contribution in [0.1, 0.15) is 50.4 Å². The third kappa shape index (κ3) is 5.42. The molecule has 28 heavy (non-hydrogen) atoms. The van der Waals surface area contributed by atoms with Gasteiger partial charge < -0.3 is 20.2 Å². The molecule has 0 spiro atoms. The van der Waals surface area contributed by atoms with Crippen LogP contribution in [0.4, 0.5) is 0 Å². The zero-order chi connectivity index (χ0) is 20.9. The molecule has 0 radical (unpaired) electrons. The Morgan fingerprint density at radius 3 is 2.57 bits per heavy atom. The zero-order valence-electron chi connectivity index (χ0n) is 16.8. The number of benzene rings is 1. The molecule has 2 aromatic rings. The van der Waals surface area contributed by atoms with Gasteiger partial charge in [-0.25, -0.2) is 4.79 Å². The van der Waals surface area contributed by atoms with Crippen LogP contribution in [0.2, 0.25) is 0 Å². The summed E-state index contributed by atoms with van der Waals surface area (Å²) in [4.78, 5) is 36.5. The first-order valence-corrected chi connectivity index (χ1v) is 9.33. The van der Waals surface area contributed by atoms with E-state index in [0.717, 1.165) is 0 Å². The molecule has 1 unspecified atom stereocenters. The van der Waals surface area contributed by atoms with E-state index in [1.807, 2.05) is 20.8 Å². The van der Waals surface area contributed by atoms with E-state index in [1.54, 1.807) is 18.2 Å². The van der Waals surface area contributed by atoms with E-state index >= 15 is 0 Å². The molecule has 7 nitrogen and oxygen atoms in total. The number of hydrogen-bond donors (Lipinski definition) is 2. The third-order valence-electron chi connectivity index (χ3n) is 4.49. The van der Waals surface area contributed by atoms with Gasteiger partial charge in [-0.1, -0.05) is 20.8 Å². The first-order chi connectivity index (χ1) is 13.1. The van der Waals surface area contributed by atoms with Gasteiger partial charge in [0.2, 0.25) is 0 Å². The highest BCUT2D eigenvalue weighted by molar-refractivity contribution is 5.96. The maximum atomic E-state index is 12.3. The first kappa shape index (κ1) is 21.6. The van der Waals surface area contributed by atoms with Crippen molar-refractivity contribution < 1.29 is 18.7 Å². The Hall–Kier alpha value is -2.67. The third-order valence-corrected chi connectivity index (χ3v) is 4.49. The minimum absolute atomic E-state index is 0.0296. The average Bonchev–Trinajstić information content (AvgIpc) is 2.64. The molecule has 0 saturated heterocycles. The van der Waals surface area contributed by atoms with Crippen molar-refractivity contribution in [2.24, 2.45) is 11.1 Å². The van der Waals surface area contributed by atoms with E-state index in [-0.39, 0.29) is 11.3 Å². The van der Waals surface area contributed by atoms with Crippen molar-refractivity contribution in [3.05, 3.63) is 40.2 Å².